The van der Waals surface area contributed by atoms with E-state index < -0.39 is 0 Å². The van der Waals surface area contributed by atoms with Crippen molar-refractivity contribution in [1.82, 2.24) is 10.6 Å². The van der Waals surface area contributed by atoms with E-state index in [1.165, 1.54) is 32.2 Å². The minimum atomic E-state index is 0.702. The van der Waals surface area contributed by atoms with Crippen molar-refractivity contribution in [3.8, 4) is 0 Å². The number of rotatable bonds is 9. The normalized spacial score (nSPS) is 21.4. The molecule has 0 aromatic carbocycles. The van der Waals surface area contributed by atoms with Crippen molar-refractivity contribution in [2.24, 2.45) is 0 Å². The van der Waals surface area contributed by atoms with Gasteiger partial charge < -0.3 is 20.1 Å². The molecule has 0 radical (unpaired) electrons. The minimum Gasteiger partial charge on any atom is -0.382 e. The van der Waals surface area contributed by atoms with Crippen LogP contribution < -0.4 is 10.6 Å². The van der Waals surface area contributed by atoms with Gasteiger partial charge in [-0.1, -0.05) is 0 Å². The summed E-state index contributed by atoms with van der Waals surface area (Å²) in [5.74, 6) is 0. The van der Waals surface area contributed by atoms with Gasteiger partial charge in [0.1, 0.15) is 0 Å². The second-order valence-electron chi connectivity index (χ2n) is 4.64. The number of unbranched alkanes of at least 4 members (excludes halogenated alkanes) is 1. The third kappa shape index (κ3) is 8.55. The summed E-state index contributed by atoms with van der Waals surface area (Å²) in [6, 6.07) is 0.722. The summed E-state index contributed by atoms with van der Waals surface area (Å²) in [4.78, 5) is 0. The molecule has 1 heterocycles. The van der Waals surface area contributed by atoms with Crippen LogP contribution in [0.3, 0.4) is 0 Å². The number of nitrogens with one attached hydrogen (secondary N) is 2. The minimum absolute atomic E-state index is 0.702. The summed E-state index contributed by atoms with van der Waals surface area (Å²) in [5, 5.41) is 7.08. The standard InChI is InChI=1S/C13H28N2O2/c1-16-11-12-17-10-3-2-8-15-13-5-4-7-14-9-6-13/h13-15H,2-12H2,1H3. The topological polar surface area (TPSA) is 42.5 Å². The molecule has 0 aliphatic carbocycles. The SMILES string of the molecule is COCCOCCCCNC1CCCNCC1. The smallest absolute Gasteiger partial charge is 0.0700 e. The second kappa shape index (κ2) is 11.0. The summed E-state index contributed by atoms with van der Waals surface area (Å²) < 4.78 is 10.3. The van der Waals surface area contributed by atoms with Gasteiger partial charge in [0.2, 0.25) is 0 Å². The van der Waals surface area contributed by atoms with Crippen LogP contribution in [-0.4, -0.2) is 52.6 Å². The van der Waals surface area contributed by atoms with Crippen LogP contribution in [0.2, 0.25) is 0 Å². The maximum atomic E-state index is 5.42. The number of hydrogen-bond acceptors (Lipinski definition) is 4. The summed E-state index contributed by atoms with van der Waals surface area (Å²) in [7, 11) is 1.70. The van der Waals surface area contributed by atoms with Gasteiger partial charge in [-0.3, -0.25) is 0 Å². The Balaban J connectivity index is 1.82. The first kappa shape index (κ1) is 14.9. The van der Waals surface area contributed by atoms with Crippen LogP contribution in [0.4, 0.5) is 0 Å². The molecule has 102 valence electrons. The highest BCUT2D eigenvalue weighted by Crippen LogP contribution is 2.04. The first-order valence-corrected chi connectivity index (χ1v) is 6.94. The Morgan fingerprint density at radius 1 is 1.12 bits per heavy atom. The molecule has 0 bridgehead atoms. The van der Waals surface area contributed by atoms with Gasteiger partial charge >= 0.3 is 0 Å². The van der Waals surface area contributed by atoms with Gasteiger partial charge in [0.15, 0.2) is 0 Å². The van der Waals surface area contributed by atoms with E-state index in [4.69, 9.17) is 9.47 Å². The van der Waals surface area contributed by atoms with Crippen LogP contribution in [0.1, 0.15) is 32.1 Å². The summed E-state index contributed by atoms with van der Waals surface area (Å²) in [5.41, 5.74) is 0. The van der Waals surface area contributed by atoms with Gasteiger partial charge in [0.25, 0.3) is 0 Å². The number of hydrogen-bond donors (Lipinski definition) is 2. The van der Waals surface area contributed by atoms with Gasteiger partial charge in [0, 0.05) is 19.8 Å². The predicted molar refractivity (Wildman–Crippen MR) is 70.4 cm³/mol. The Hall–Kier alpha value is -0.160. The van der Waals surface area contributed by atoms with Gasteiger partial charge in [0.05, 0.1) is 13.2 Å². The van der Waals surface area contributed by atoms with Crippen molar-refractivity contribution in [2.75, 3.05) is 46.6 Å². The zero-order chi connectivity index (χ0) is 12.2. The van der Waals surface area contributed by atoms with E-state index in [9.17, 15) is 0 Å². The molecule has 0 aromatic rings. The first-order chi connectivity index (χ1) is 8.43. The molecule has 0 amide bonds. The van der Waals surface area contributed by atoms with Crippen molar-refractivity contribution < 1.29 is 9.47 Å². The van der Waals surface area contributed by atoms with E-state index in [2.05, 4.69) is 10.6 Å². The highest BCUT2D eigenvalue weighted by Gasteiger charge is 2.09. The van der Waals surface area contributed by atoms with E-state index in [-0.39, 0.29) is 0 Å². The van der Waals surface area contributed by atoms with Crippen molar-refractivity contribution >= 4 is 0 Å². The monoisotopic (exact) mass is 244 g/mol. The van der Waals surface area contributed by atoms with E-state index in [1.54, 1.807) is 7.11 Å². The largest absolute Gasteiger partial charge is 0.382 e. The van der Waals surface area contributed by atoms with Crippen LogP contribution in [0, 0.1) is 0 Å². The summed E-state index contributed by atoms with van der Waals surface area (Å²) in [6.45, 7) is 5.75. The molecule has 0 saturated carbocycles. The Kier molecular flexibility index (Phi) is 9.61. The van der Waals surface area contributed by atoms with E-state index >= 15 is 0 Å². The molecule has 17 heavy (non-hydrogen) atoms. The molecule has 1 aliphatic heterocycles. The Labute approximate surface area is 105 Å². The zero-order valence-electron chi connectivity index (χ0n) is 11.2. The fourth-order valence-corrected chi connectivity index (χ4v) is 2.10. The molecule has 0 spiro atoms. The van der Waals surface area contributed by atoms with Crippen molar-refractivity contribution in [2.45, 2.75) is 38.1 Å². The molecular weight excluding hydrogens is 216 g/mol. The molecule has 1 atom stereocenters. The maximum absolute atomic E-state index is 5.42. The summed E-state index contributed by atoms with van der Waals surface area (Å²) >= 11 is 0. The van der Waals surface area contributed by atoms with E-state index in [1.807, 2.05) is 0 Å². The van der Waals surface area contributed by atoms with Crippen molar-refractivity contribution in [1.29, 1.82) is 0 Å². The quantitative estimate of drug-likeness (QED) is 0.597. The van der Waals surface area contributed by atoms with Gasteiger partial charge in [-0.25, -0.2) is 0 Å². The molecule has 4 heteroatoms. The van der Waals surface area contributed by atoms with Crippen LogP contribution in [0.25, 0.3) is 0 Å². The third-order valence-electron chi connectivity index (χ3n) is 3.16. The maximum Gasteiger partial charge on any atom is 0.0700 e. The highest BCUT2D eigenvalue weighted by molar-refractivity contribution is 4.72. The Morgan fingerprint density at radius 2 is 2.06 bits per heavy atom. The fraction of sp³-hybridized carbons (Fsp3) is 1.00. The molecule has 1 unspecified atom stereocenters. The van der Waals surface area contributed by atoms with Gasteiger partial charge in [-0.2, -0.15) is 0 Å². The van der Waals surface area contributed by atoms with E-state index in [0.29, 0.717) is 6.61 Å². The lowest BCUT2D eigenvalue weighted by atomic mass is 10.1. The molecule has 4 nitrogen and oxygen atoms in total. The molecule has 2 N–H and O–H groups in total. The average Bonchev–Trinajstić information content (AvgIpc) is 2.61. The van der Waals surface area contributed by atoms with Crippen LogP contribution in [-0.2, 0) is 9.47 Å². The lowest BCUT2D eigenvalue weighted by Crippen LogP contribution is -2.30. The third-order valence-corrected chi connectivity index (χ3v) is 3.16. The number of methoxy groups -OCH3 is 1. The Bertz CT molecular complexity index is 159. The fourth-order valence-electron chi connectivity index (χ4n) is 2.10. The van der Waals surface area contributed by atoms with Crippen molar-refractivity contribution in [3.05, 3.63) is 0 Å². The van der Waals surface area contributed by atoms with Gasteiger partial charge in [-0.15, -0.1) is 0 Å². The molecule has 1 saturated heterocycles. The molecule has 1 fully saturated rings. The van der Waals surface area contributed by atoms with Crippen LogP contribution >= 0.6 is 0 Å². The molecule has 0 aromatic heterocycles. The Morgan fingerprint density at radius 3 is 2.94 bits per heavy atom. The van der Waals surface area contributed by atoms with Crippen LogP contribution in [0.15, 0.2) is 0 Å². The first-order valence-electron chi connectivity index (χ1n) is 6.94. The van der Waals surface area contributed by atoms with Crippen LogP contribution in [0.5, 0.6) is 0 Å². The van der Waals surface area contributed by atoms with Crippen molar-refractivity contribution in [3.63, 3.8) is 0 Å². The second-order valence-corrected chi connectivity index (χ2v) is 4.64. The highest BCUT2D eigenvalue weighted by atomic mass is 16.5. The zero-order valence-corrected chi connectivity index (χ0v) is 11.2. The number of ether oxygens (including phenoxy) is 2. The lowest BCUT2D eigenvalue weighted by Gasteiger charge is -2.15. The van der Waals surface area contributed by atoms with Gasteiger partial charge in [-0.05, 0) is 51.7 Å². The lowest BCUT2D eigenvalue weighted by molar-refractivity contribution is 0.0687. The molecule has 1 aliphatic rings. The average molecular weight is 244 g/mol. The molecular formula is C13H28N2O2. The molecule has 1 rings (SSSR count). The summed E-state index contributed by atoms with van der Waals surface area (Å²) in [6.07, 6.45) is 6.23. The van der Waals surface area contributed by atoms with E-state index in [0.717, 1.165) is 38.8 Å². The predicted octanol–water partition coefficient (Wildman–Crippen LogP) is 1.16.